The number of nitriles is 1. The molecule has 44 heavy (non-hydrogen) atoms. The first kappa shape index (κ1) is 30.9. The summed E-state index contributed by atoms with van der Waals surface area (Å²) in [6.45, 7) is 0. The lowest BCUT2D eigenvalue weighted by molar-refractivity contribution is -0.154. The molecule has 2 aliphatic rings. The van der Waals surface area contributed by atoms with Gasteiger partial charge in [-0.1, -0.05) is 65.8 Å². The number of allylic oxidation sites excluding steroid dienone is 1. The molecule has 2 aromatic carbocycles. The fourth-order valence-electron chi connectivity index (χ4n) is 4.66. The summed E-state index contributed by atoms with van der Waals surface area (Å²) < 4.78 is 6.15. The van der Waals surface area contributed by atoms with Gasteiger partial charge in [-0.3, -0.25) is 14.5 Å². The molecule has 0 spiro atoms. The molecular formula is C30H26N6O5S3. The largest absolute Gasteiger partial charge is 0.448 e. The minimum Gasteiger partial charge on any atom is -0.448 e. The predicted octanol–water partition coefficient (Wildman–Crippen LogP) is 3.83. The number of hydrogen-bond donors (Lipinski definition) is 2. The van der Waals surface area contributed by atoms with Crippen LogP contribution >= 0.6 is 34.9 Å². The van der Waals surface area contributed by atoms with Gasteiger partial charge in [-0.05, 0) is 22.1 Å². The minimum absolute atomic E-state index is 0.127. The van der Waals surface area contributed by atoms with E-state index in [4.69, 9.17) is 20.6 Å². The molecule has 1 saturated heterocycles. The van der Waals surface area contributed by atoms with E-state index in [1.54, 1.807) is 10.8 Å². The number of nitrogens with one attached hydrogen (secondary N) is 1. The Labute approximate surface area is 265 Å². The van der Waals surface area contributed by atoms with E-state index in [1.807, 2.05) is 66.7 Å². The maximum Gasteiger partial charge on any atom is 0.356 e. The molecule has 0 aliphatic carbocycles. The van der Waals surface area contributed by atoms with Crippen LogP contribution < -0.4 is 11.1 Å². The Balaban J connectivity index is 1.42. The molecular weight excluding hydrogens is 621 g/mol. The monoisotopic (exact) mass is 646 g/mol. The quantitative estimate of drug-likeness (QED) is 0.103. The average molecular weight is 647 g/mol. The SMILES string of the molecule is CO/N=C(/C(=O)NC1C(=O)N2C(C(=O)OC(c3ccccc3)c3ccccc3)=C(CS/C=C\C#N)CSC12)c1csc(N)n1. The molecule has 0 saturated carbocycles. The van der Waals surface area contributed by atoms with Crippen molar-refractivity contribution in [1.82, 2.24) is 15.2 Å². The fraction of sp³-hybridized carbons (Fsp3) is 0.200. The van der Waals surface area contributed by atoms with Gasteiger partial charge in [0.2, 0.25) is 0 Å². The molecule has 2 atom stereocenters. The number of aromatic nitrogens is 1. The standard InChI is InChI=1S/C30H26N6O5S3/c1-40-35-22(21-17-44-30(32)33-21)26(37)34-23-27(38)36-24(20(16-43-28(23)36)15-42-14-8-13-31)29(39)41-25(18-9-4-2-5-10-18)19-11-6-3-7-12-19/h2-12,14,17,23,25,28H,15-16H2,1H3,(H2,32,33)(H,34,37)/b14-8-,35-22+. The van der Waals surface area contributed by atoms with Gasteiger partial charge in [0.15, 0.2) is 16.9 Å². The van der Waals surface area contributed by atoms with Crippen LogP contribution in [0.25, 0.3) is 0 Å². The van der Waals surface area contributed by atoms with Crippen LogP contribution in [0.5, 0.6) is 0 Å². The summed E-state index contributed by atoms with van der Waals surface area (Å²) >= 11 is 3.88. The second-order valence-electron chi connectivity index (χ2n) is 9.36. The van der Waals surface area contributed by atoms with Crippen molar-refractivity contribution in [1.29, 1.82) is 5.26 Å². The topological polar surface area (TPSA) is 160 Å². The fourth-order valence-corrected chi connectivity index (χ4v) is 7.38. The molecule has 0 radical (unpaired) electrons. The smallest absolute Gasteiger partial charge is 0.356 e. The van der Waals surface area contributed by atoms with Gasteiger partial charge in [-0.2, -0.15) is 5.26 Å². The molecule has 3 aromatic rings. The van der Waals surface area contributed by atoms with Crippen LogP contribution in [0.2, 0.25) is 0 Å². The molecule has 11 nitrogen and oxygen atoms in total. The number of carbonyl (C=O) groups excluding carboxylic acids is 3. The number of hydrogen-bond acceptors (Lipinski definition) is 12. The highest BCUT2D eigenvalue weighted by molar-refractivity contribution is 8.02. The minimum atomic E-state index is -0.930. The lowest BCUT2D eigenvalue weighted by Gasteiger charge is -2.49. The van der Waals surface area contributed by atoms with Crippen molar-refractivity contribution in [3.8, 4) is 6.07 Å². The number of rotatable bonds is 11. The van der Waals surface area contributed by atoms with E-state index < -0.39 is 35.3 Å². The lowest BCUT2D eigenvalue weighted by Crippen LogP contribution is -2.71. The van der Waals surface area contributed by atoms with E-state index >= 15 is 0 Å². The molecule has 2 amide bonds. The number of amides is 2. The van der Waals surface area contributed by atoms with Crippen LogP contribution in [0.3, 0.4) is 0 Å². The maximum absolute atomic E-state index is 14.0. The third kappa shape index (κ3) is 6.65. The van der Waals surface area contributed by atoms with Gasteiger partial charge in [0.05, 0.1) is 6.07 Å². The number of fused-ring (bicyclic) bond motifs is 1. The van der Waals surface area contributed by atoms with E-state index in [9.17, 15) is 14.4 Å². The Bertz CT molecular complexity index is 1630. The summed E-state index contributed by atoms with van der Waals surface area (Å²) in [6, 6.07) is 19.7. The number of ether oxygens (including phenoxy) is 1. The van der Waals surface area contributed by atoms with Gasteiger partial charge in [0, 0.05) is 23.0 Å². The second kappa shape index (κ2) is 14.3. The van der Waals surface area contributed by atoms with Gasteiger partial charge < -0.3 is 20.6 Å². The number of nitrogen functional groups attached to an aromatic ring is 1. The highest BCUT2D eigenvalue weighted by Gasteiger charge is 2.55. The third-order valence-electron chi connectivity index (χ3n) is 6.62. The Hall–Kier alpha value is -4.58. The van der Waals surface area contributed by atoms with Gasteiger partial charge in [0.25, 0.3) is 11.8 Å². The van der Waals surface area contributed by atoms with Gasteiger partial charge >= 0.3 is 5.97 Å². The van der Waals surface area contributed by atoms with Crippen molar-refractivity contribution < 1.29 is 24.0 Å². The zero-order valence-corrected chi connectivity index (χ0v) is 25.7. The van der Waals surface area contributed by atoms with Crippen molar-refractivity contribution in [2.75, 3.05) is 24.3 Å². The normalized spacial score (nSPS) is 18.1. The van der Waals surface area contributed by atoms with Crippen LogP contribution in [0.1, 0.15) is 22.9 Å². The van der Waals surface area contributed by atoms with Gasteiger partial charge in [-0.25, -0.2) is 9.78 Å². The van der Waals surface area contributed by atoms with E-state index in [0.717, 1.165) is 22.5 Å². The average Bonchev–Trinajstić information content (AvgIpc) is 3.49. The van der Waals surface area contributed by atoms with Gasteiger partial charge in [-0.15, -0.1) is 34.9 Å². The zero-order chi connectivity index (χ0) is 31.1. The number of thioether (sulfide) groups is 2. The van der Waals surface area contributed by atoms with Crippen molar-refractivity contribution in [2.45, 2.75) is 17.5 Å². The molecule has 3 heterocycles. The number of benzene rings is 2. The van der Waals surface area contributed by atoms with E-state index in [0.29, 0.717) is 17.1 Å². The predicted molar refractivity (Wildman–Crippen MR) is 170 cm³/mol. The molecule has 1 fully saturated rings. The molecule has 5 rings (SSSR count). The number of esters is 1. The van der Waals surface area contributed by atoms with Crippen LogP contribution in [0.15, 0.2) is 94.0 Å². The Kier molecular flexibility index (Phi) is 10.0. The summed E-state index contributed by atoms with van der Waals surface area (Å²) in [5.74, 6) is -1.03. The van der Waals surface area contributed by atoms with Crippen LogP contribution in [0, 0.1) is 11.3 Å². The van der Waals surface area contributed by atoms with Crippen molar-refractivity contribution in [3.05, 3.63) is 106 Å². The molecule has 0 bridgehead atoms. The van der Waals surface area contributed by atoms with Crippen molar-refractivity contribution >= 4 is 63.5 Å². The van der Waals surface area contributed by atoms with E-state index in [-0.39, 0.29) is 22.2 Å². The summed E-state index contributed by atoms with van der Waals surface area (Å²) in [6.07, 6.45) is 0.626. The summed E-state index contributed by atoms with van der Waals surface area (Å²) in [5.41, 5.74) is 8.18. The first-order chi connectivity index (χ1) is 21.4. The highest BCUT2D eigenvalue weighted by atomic mass is 32.2. The van der Waals surface area contributed by atoms with Crippen LogP contribution in [-0.4, -0.2) is 63.4 Å². The number of carbonyl (C=O) groups is 3. The molecule has 1 aromatic heterocycles. The number of thiazole rings is 1. The lowest BCUT2D eigenvalue weighted by atomic mass is 10.0. The van der Waals surface area contributed by atoms with Crippen molar-refractivity contribution in [2.24, 2.45) is 5.16 Å². The zero-order valence-electron chi connectivity index (χ0n) is 23.3. The Morgan fingerprint density at radius 1 is 1.23 bits per heavy atom. The molecule has 3 N–H and O–H groups in total. The molecule has 2 unspecified atom stereocenters. The maximum atomic E-state index is 14.0. The molecule has 224 valence electrons. The number of anilines is 1. The van der Waals surface area contributed by atoms with E-state index in [1.165, 1.54) is 41.6 Å². The highest BCUT2D eigenvalue weighted by Crippen LogP contribution is 2.42. The van der Waals surface area contributed by atoms with Crippen molar-refractivity contribution in [3.63, 3.8) is 0 Å². The first-order valence-corrected chi connectivity index (χ1v) is 16.2. The van der Waals surface area contributed by atoms with E-state index in [2.05, 4.69) is 15.5 Å². The number of β-lactam (4-membered cyclic amide) rings is 1. The van der Waals surface area contributed by atoms with Crippen LogP contribution in [-0.2, 0) is 24.0 Å². The number of nitrogens with zero attached hydrogens (tertiary/aromatic N) is 4. The molecule has 2 aliphatic heterocycles. The summed E-state index contributed by atoms with van der Waals surface area (Å²) in [4.78, 5) is 51.1. The second-order valence-corrected chi connectivity index (χ2v) is 12.2. The number of nitrogens with two attached hydrogens (primary N) is 1. The third-order valence-corrected chi connectivity index (χ3v) is 9.47. The first-order valence-electron chi connectivity index (χ1n) is 13.2. The summed E-state index contributed by atoms with van der Waals surface area (Å²) in [7, 11) is 1.29. The van der Waals surface area contributed by atoms with Gasteiger partial charge in [0.1, 0.15) is 29.9 Å². The van der Waals surface area contributed by atoms with Crippen LogP contribution in [0.4, 0.5) is 5.13 Å². The Morgan fingerprint density at radius 2 is 1.91 bits per heavy atom. The summed E-state index contributed by atoms with van der Waals surface area (Å²) in [5, 5.41) is 18.3. The molecule has 14 heteroatoms. The Morgan fingerprint density at radius 3 is 2.50 bits per heavy atom. The number of oxime groups is 1.